The molecule has 0 saturated carbocycles. The Morgan fingerprint density at radius 2 is 2.12 bits per heavy atom. The minimum Gasteiger partial charge on any atom is -0.367 e. The van der Waals surface area contributed by atoms with Crippen molar-refractivity contribution in [2.75, 3.05) is 0 Å². The van der Waals surface area contributed by atoms with Crippen molar-refractivity contribution in [3.05, 3.63) is 12.2 Å². The molecule has 96 valence electrons. The fourth-order valence-corrected chi connectivity index (χ4v) is 3.18. The second-order valence-electron chi connectivity index (χ2n) is 6.29. The quantitative estimate of drug-likeness (QED) is 0.651. The highest BCUT2D eigenvalue weighted by Gasteiger charge is 2.41. The molecule has 0 unspecified atom stereocenters. The predicted molar refractivity (Wildman–Crippen MR) is 68.8 cm³/mol. The number of ether oxygens (including phenoxy) is 1. The lowest BCUT2D eigenvalue weighted by Crippen LogP contribution is -2.31. The summed E-state index contributed by atoms with van der Waals surface area (Å²) in [6.07, 6.45) is 4.70. The Labute approximate surface area is 104 Å². The van der Waals surface area contributed by atoms with E-state index in [0.29, 0.717) is 18.1 Å². The van der Waals surface area contributed by atoms with Crippen LogP contribution in [0, 0.1) is 11.8 Å². The van der Waals surface area contributed by atoms with Crippen LogP contribution in [-0.2, 0) is 9.53 Å². The van der Waals surface area contributed by atoms with Gasteiger partial charge in [0, 0.05) is 12.3 Å². The number of hydrogen-bond donors (Lipinski definition) is 0. The summed E-state index contributed by atoms with van der Waals surface area (Å²) in [7, 11) is 0. The lowest BCUT2D eigenvalue weighted by molar-refractivity contribution is -0.129. The Bertz CT molecular complexity index is 332. The first kappa shape index (κ1) is 12.8. The highest BCUT2D eigenvalue weighted by atomic mass is 16.5. The first-order chi connectivity index (χ1) is 7.91. The molecular weight excluding hydrogens is 212 g/mol. The molecule has 0 spiro atoms. The van der Waals surface area contributed by atoms with Gasteiger partial charge in [-0.3, -0.25) is 4.79 Å². The molecule has 2 rings (SSSR count). The minimum absolute atomic E-state index is 0.187. The van der Waals surface area contributed by atoms with Gasteiger partial charge in [0.25, 0.3) is 0 Å². The van der Waals surface area contributed by atoms with Crippen LogP contribution in [0.5, 0.6) is 0 Å². The normalized spacial score (nSPS) is 39.1. The number of rotatable bonds is 1. The molecule has 0 aromatic heterocycles. The van der Waals surface area contributed by atoms with Gasteiger partial charge >= 0.3 is 0 Å². The Balaban J connectivity index is 2.20. The van der Waals surface area contributed by atoms with E-state index in [9.17, 15) is 4.79 Å². The second kappa shape index (κ2) is 4.56. The third kappa shape index (κ3) is 2.62. The summed E-state index contributed by atoms with van der Waals surface area (Å²) in [6, 6.07) is 0. The number of ketones is 1. The maximum absolute atomic E-state index is 12.4. The first-order valence-electron chi connectivity index (χ1n) is 6.79. The van der Waals surface area contributed by atoms with Crippen LogP contribution in [0.2, 0.25) is 0 Å². The third-order valence-electron chi connectivity index (χ3n) is 4.36. The summed E-state index contributed by atoms with van der Waals surface area (Å²) in [5.41, 5.74) is 0.955. The Hall–Kier alpha value is -0.630. The summed E-state index contributed by atoms with van der Waals surface area (Å²) in [4.78, 5) is 12.4. The molecule has 2 heteroatoms. The second-order valence-corrected chi connectivity index (χ2v) is 6.29. The van der Waals surface area contributed by atoms with Crippen molar-refractivity contribution in [2.24, 2.45) is 11.8 Å². The fourth-order valence-electron chi connectivity index (χ4n) is 3.18. The molecule has 0 N–H and O–H groups in total. The zero-order valence-electron chi connectivity index (χ0n) is 11.3. The smallest absolute Gasteiger partial charge is 0.139 e. The standard InChI is InChI=1S/C15H24O2/c1-10(2)12-6-5-11(3)14-7-8-15(4,17-14)9-13(12)16/h10,12,14H,3,5-9H2,1-2,4H3/t12-,14+,15-/m1/s1. The number of Topliss-reactive ketones (excluding diaryl/α,β-unsaturated/α-hetero) is 1. The van der Waals surface area contributed by atoms with E-state index in [1.54, 1.807) is 0 Å². The largest absolute Gasteiger partial charge is 0.367 e. The van der Waals surface area contributed by atoms with Gasteiger partial charge in [0.2, 0.25) is 0 Å². The van der Waals surface area contributed by atoms with Crippen molar-refractivity contribution < 1.29 is 9.53 Å². The molecule has 0 radical (unpaired) electrons. The average molecular weight is 236 g/mol. The maximum Gasteiger partial charge on any atom is 0.139 e. The van der Waals surface area contributed by atoms with Crippen molar-refractivity contribution >= 4 is 5.78 Å². The van der Waals surface area contributed by atoms with E-state index < -0.39 is 0 Å². The molecule has 2 heterocycles. The lowest BCUT2D eigenvalue weighted by atomic mass is 9.80. The lowest BCUT2D eigenvalue weighted by Gasteiger charge is -2.26. The molecular formula is C15H24O2. The van der Waals surface area contributed by atoms with Gasteiger partial charge in [-0.25, -0.2) is 0 Å². The van der Waals surface area contributed by atoms with Gasteiger partial charge in [-0.05, 0) is 44.1 Å². The molecule has 0 aliphatic carbocycles. The number of carbonyl (C=O) groups is 1. The average Bonchev–Trinajstić information content (AvgIpc) is 2.60. The number of carbonyl (C=O) groups excluding carboxylic acids is 1. The Morgan fingerprint density at radius 1 is 1.41 bits per heavy atom. The van der Waals surface area contributed by atoms with E-state index in [-0.39, 0.29) is 17.6 Å². The molecule has 2 nitrogen and oxygen atoms in total. The van der Waals surface area contributed by atoms with Crippen LogP contribution >= 0.6 is 0 Å². The van der Waals surface area contributed by atoms with Crippen molar-refractivity contribution in [1.82, 2.24) is 0 Å². The van der Waals surface area contributed by atoms with Gasteiger partial charge in [0.15, 0.2) is 0 Å². The summed E-state index contributed by atoms with van der Waals surface area (Å²) < 4.78 is 6.06. The zero-order valence-corrected chi connectivity index (χ0v) is 11.3. The fraction of sp³-hybridized carbons (Fsp3) is 0.800. The third-order valence-corrected chi connectivity index (χ3v) is 4.36. The summed E-state index contributed by atoms with van der Waals surface area (Å²) in [6.45, 7) is 10.5. The molecule has 2 saturated heterocycles. The van der Waals surface area contributed by atoms with Gasteiger partial charge in [-0.1, -0.05) is 20.4 Å². The SMILES string of the molecule is C=C1CC[C@H](C(C)C)C(=O)C[C@@]2(C)CC[C@@H]1O2. The van der Waals surface area contributed by atoms with E-state index in [1.807, 2.05) is 0 Å². The molecule has 0 aromatic rings. The molecule has 2 fully saturated rings. The molecule has 0 amide bonds. The topological polar surface area (TPSA) is 26.3 Å². The van der Waals surface area contributed by atoms with Crippen LogP contribution in [0.25, 0.3) is 0 Å². The maximum atomic E-state index is 12.4. The Morgan fingerprint density at radius 3 is 2.76 bits per heavy atom. The Kier molecular flexibility index (Phi) is 3.44. The van der Waals surface area contributed by atoms with Gasteiger partial charge in [-0.15, -0.1) is 0 Å². The number of fused-ring (bicyclic) bond motifs is 2. The first-order valence-corrected chi connectivity index (χ1v) is 6.79. The van der Waals surface area contributed by atoms with Crippen LogP contribution in [0.3, 0.4) is 0 Å². The highest BCUT2D eigenvalue weighted by Crippen LogP contribution is 2.40. The van der Waals surface area contributed by atoms with Crippen LogP contribution < -0.4 is 0 Å². The molecule has 2 aliphatic rings. The van der Waals surface area contributed by atoms with E-state index in [1.165, 1.54) is 5.57 Å². The van der Waals surface area contributed by atoms with Crippen molar-refractivity contribution in [3.8, 4) is 0 Å². The van der Waals surface area contributed by atoms with Crippen LogP contribution in [0.1, 0.15) is 52.9 Å². The van der Waals surface area contributed by atoms with Crippen molar-refractivity contribution in [1.29, 1.82) is 0 Å². The van der Waals surface area contributed by atoms with Crippen LogP contribution in [0.4, 0.5) is 0 Å². The predicted octanol–water partition coefficient (Wildman–Crippen LogP) is 3.51. The molecule has 2 aliphatic heterocycles. The van der Waals surface area contributed by atoms with Gasteiger partial charge in [0.05, 0.1) is 11.7 Å². The molecule has 2 bridgehead atoms. The number of hydrogen-bond acceptors (Lipinski definition) is 2. The summed E-state index contributed by atoms with van der Waals surface area (Å²) in [5.74, 6) is 1.000. The van der Waals surface area contributed by atoms with E-state index in [2.05, 4.69) is 27.4 Å². The van der Waals surface area contributed by atoms with E-state index in [0.717, 1.165) is 25.7 Å². The van der Waals surface area contributed by atoms with Crippen LogP contribution in [0.15, 0.2) is 12.2 Å². The summed E-state index contributed by atoms with van der Waals surface area (Å²) in [5, 5.41) is 0. The monoisotopic (exact) mass is 236 g/mol. The van der Waals surface area contributed by atoms with E-state index in [4.69, 9.17) is 4.74 Å². The van der Waals surface area contributed by atoms with E-state index >= 15 is 0 Å². The van der Waals surface area contributed by atoms with Crippen molar-refractivity contribution in [2.45, 2.75) is 64.6 Å². The molecule has 17 heavy (non-hydrogen) atoms. The van der Waals surface area contributed by atoms with Gasteiger partial charge in [0.1, 0.15) is 5.78 Å². The zero-order chi connectivity index (χ0) is 12.6. The minimum atomic E-state index is -0.234. The van der Waals surface area contributed by atoms with Gasteiger partial charge in [-0.2, -0.15) is 0 Å². The molecule has 3 atom stereocenters. The summed E-state index contributed by atoms with van der Waals surface area (Å²) >= 11 is 0. The highest BCUT2D eigenvalue weighted by molar-refractivity contribution is 5.82. The molecule has 0 aromatic carbocycles. The van der Waals surface area contributed by atoms with Crippen LogP contribution in [-0.4, -0.2) is 17.5 Å². The van der Waals surface area contributed by atoms with Gasteiger partial charge < -0.3 is 4.74 Å². The van der Waals surface area contributed by atoms with Crippen molar-refractivity contribution in [3.63, 3.8) is 0 Å².